The zero-order chi connectivity index (χ0) is 10.4. The molecular formula is C11H18N2S. The zero-order valence-corrected chi connectivity index (χ0v) is 10.0. The van der Waals surface area contributed by atoms with Crippen molar-refractivity contribution in [3.63, 3.8) is 0 Å². The van der Waals surface area contributed by atoms with Crippen molar-refractivity contribution in [2.45, 2.75) is 39.4 Å². The molecule has 0 bridgehead atoms. The van der Waals surface area contributed by atoms with E-state index in [9.17, 15) is 0 Å². The number of hydrogen-bond donors (Lipinski definition) is 0. The zero-order valence-electron chi connectivity index (χ0n) is 9.21. The molecule has 14 heavy (non-hydrogen) atoms. The molecule has 0 aromatic carbocycles. The molecule has 78 valence electrons. The highest BCUT2D eigenvalue weighted by atomic mass is 32.2. The van der Waals surface area contributed by atoms with Crippen molar-refractivity contribution in [3.05, 3.63) is 23.3 Å². The molecule has 0 aliphatic heterocycles. The lowest BCUT2D eigenvalue weighted by Gasteiger charge is -2.04. The maximum absolute atomic E-state index is 4.48. The molecule has 0 saturated heterocycles. The van der Waals surface area contributed by atoms with Crippen LogP contribution in [0.25, 0.3) is 0 Å². The number of nitrogens with zero attached hydrogens (tertiary/aromatic N) is 2. The fraction of sp³-hybridized carbons (Fsp3) is 0.636. The van der Waals surface area contributed by atoms with Crippen LogP contribution in [0.1, 0.15) is 37.4 Å². The van der Waals surface area contributed by atoms with Crippen molar-refractivity contribution in [1.29, 1.82) is 0 Å². The first-order chi connectivity index (χ1) is 6.77. The maximum Gasteiger partial charge on any atom is 0.138 e. The third-order valence-electron chi connectivity index (χ3n) is 2.09. The highest BCUT2D eigenvalue weighted by molar-refractivity contribution is 7.98. The molecule has 0 radical (unpaired) electrons. The summed E-state index contributed by atoms with van der Waals surface area (Å²) in [5, 5.41) is 0. The molecule has 0 fully saturated rings. The lowest BCUT2D eigenvalue weighted by atomic mass is 10.2. The van der Waals surface area contributed by atoms with E-state index in [1.165, 1.54) is 17.7 Å². The molecule has 0 saturated carbocycles. The fourth-order valence-corrected chi connectivity index (χ4v) is 2.02. The van der Waals surface area contributed by atoms with Crippen molar-refractivity contribution in [1.82, 2.24) is 9.97 Å². The lowest BCUT2D eigenvalue weighted by Crippen LogP contribution is -1.99. The van der Waals surface area contributed by atoms with Crippen LogP contribution in [0, 0.1) is 6.92 Å². The summed E-state index contributed by atoms with van der Waals surface area (Å²) < 4.78 is 0. The SMILES string of the molecule is CCCSCc1ncc(CC)c(C)n1. The van der Waals surface area contributed by atoms with Gasteiger partial charge in [0.15, 0.2) is 0 Å². The van der Waals surface area contributed by atoms with Gasteiger partial charge in [-0.05, 0) is 31.1 Å². The number of aromatic nitrogens is 2. The van der Waals surface area contributed by atoms with Crippen molar-refractivity contribution in [2.75, 3.05) is 5.75 Å². The minimum Gasteiger partial charge on any atom is -0.240 e. The van der Waals surface area contributed by atoms with E-state index in [0.717, 1.165) is 23.7 Å². The van der Waals surface area contributed by atoms with E-state index in [1.54, 1.807) is 0 Å². The molecule has 1 aromatic rings. The molecule has 1 aromatic heterocycles. The summed E-state index contributed by atoms with van der Waals surface area (Å²) in [6, 6.07) is 0. The van der Waals surface area contributed by atoms with Gasteiger partial charge in [0, 0.05) is 11.9 Å². The number of thioether (sulfide) groups is 1. The molecule has 1 rings (SSSR count). The third kappa shape index (κ3) is 3.29. The minimum absolute atomic E-state index is 0.943. The van der Waals surface area contributed by atoms with Crippen LogP contribution in [0.4, 0.5) is 0 Å². The van der Waals surface area contributed by atoms with E-state index in [-0.39, 0.29) is 0 Å². The molecule has 0 aliphatic carbocycles. The average Bonchev–Trinajstić information content (AvgIpc) is 2.18. The van der Waals surface area contributed by atoms with Crippen molar-refractivity contribution in [2.24, 2.45) is 0 Å². The summed E-state index contributed by atoms with van der Waals surface area (Å²) in [7, 11) is 0. The highest BCUT2D eigenvalue weighted by Crippen LogP contribution is 2.11. The van der Waals surface area contributed by atoms with Gasteiger partial charge in [0.05, 0.1) is 5.75 Å². The summed E-state index contributed by atoms with van der Waals surface area (Å²) >= 11 is 1.90. The normalized spacial score (nSPS) is 10.5. The van der Waals surface area contributed by atoms with Crippen LogP contribution in [0.15, 0.2) is 6.20 Å². The van der Waals surface area contributed by atoms with Gasteiger partial charge in [-0.15, -0.1) is 0 Å². The van der Waals surface area contributed by atoms with E-state index in [0.29, 0.717) is 0 Å². The predicted octanol–water partition coefficient (Wildman–Crippen LogP) is 2.99. The molecule has 1 heterocycles. The molecule has 0 N–H and O–H groups in total. The van der Waals surface area contributed by atoms with E-state index in [2.05, 4.69) is 30.7 Å². The smallest absolute Gasteiger partial charge is 0.138 e. The van der Waals surface area contributed by atoms with Gasteiger partial charge in [0.2, 0.25) is 0 Å². The maximum atomic E-state index is 4.48. The molecular weight excluding hydrogens is 192 g/mol. The standard InChI is InChI=1S/C11H18N2S/c1-4-6-14-8-11-12-7-10(5-2)9(3)13-11/h7H,4-6,8H2,1-3H3. The second-order valence-electron chi connectivity index (χ2n) is 3.30. The van der Waals surface area contributed by atoms with Crippen molar-refractivity contribution in [3.8, 4) is 0 Å². The molecule has 0 spiro atoms. The van der Waals surface area contributed by atoms with Crippen LogP contribution in [0.5, 0.6) is 0 Å². The van der Waals surface area contributed by atoms with Crippen LogP contribution in [0.3, 0.4) is 0 Å². The average molecular weight is 210 g/mol. The minimum atomic E-state index is 0.943. The Kier molecular flexibility index (Phi) is 4.94. The topological polar surface area (TPSA) is 25.8 Å². The second-order valence-corrected chi connectivity index (χ2v) is 4.41. The molecule has 2 nitrogen and oxygen atoms in total. The van der Waals surface area contributed by atoms with E-state index < -0.39 is 0 Å². The van der Waals surface area contributed by atoms with Gasteiger partial charge in [0.1, 0.15) is 5.82 Å². The molecule has 0 unspecified atom stereocenters. The Morgan fingerprint density at radius 1 is 1.36 bits per heavy atom. The van der Waals surface area contributed by atoms with E-state index >= 15 is 0 Å². The molecule has 0 amide bonds. The van der Waals surface area contributed by atoms with Crippen LogP contribution in [0.2, 0.25) is 0 Å². The quantitative estimate of drug-likeness (QED) is 0.699. The Hall–Kier alpha value is -0.570. The summed E-state index contributed by atoms with van der Waals surface area (Å²) in [4.78, 5) is 8.83. The number of hydrogen-bond acceptors (Lipinski definition) is 3. The number of aryl methyl sites for hydroxylation is 2. The number of rotatable bonds is 5. The predicted molar refractivity (Wildman–Crippen MR) is 62.6 cm³/mol. The third-order valence-corrected chi connectivity index (χ3v) is 3.25. The molecule has 0 atom stereocenters. The van der Waals surface area contributed by atoms with Gasteiger partial charge in [-0.25, -0.2) is 9.97 Å². The van der Waals surface area contributed by atoms with Gasteiger partial charge in [-0.2, -0.15) is 11.8 Å². The Bertz CT molecular complexity index is 287. The first-order valence-electron chi connectivity index (χ1n) is 5.17. The van der Waals surface area contributed by atoms with Gasteiger partial charge >= 0.3 is 0 Å². The summed E-state index contributed by atoms with van der Waals surface area (Å²) in [5.41, 5.74) is 2.39. The Morgan fingerprint density at radius 2 is 2.14 bits per heavy atom. The van der Waals surface area contributed by atoms with Gasteiger partial charge in [-0.1, -0.05) is 13.8 Å². The fourth-order valence-electron chi connectivity index (χ4n) is 1.26. The monoisotopic (exact) mass is 210 g/mol. The molecule has 0 aliphatic rings. The van der Waals surface area contributed by atoms with Crippen molar-refractivity contribution < 1.29 is 0 Å². The Balaban J connectivity index is 2.57. The summed E-state index contributed by atoms with van der Waals surface area (Å²) in [6.07, 6.45) is 4.20. The second kappa shape index (κ2) is 6.02. The van der Waals surface area contributed by atoms with Crippen LogP contribution in [-0.2, 0) is 12.2 Å². The van der Waals surface area contributed by atoms with Crippen LogP contribution >= 0.6 is 11.8 Å². The lowest BCUT2D eigenvalue weighted by molar-refractivity contribution is 0.937. The Labute approximate surface area is 90.5 Å². The highest BCUT2D eigenvalue weighted by Gasteiger charge is 2.01. The summed E-state index contributed by atoms with van der Waals surface area (Å²) in [5.74, 6) is 3.11. The largest absolute Gasteiger partial charge is 0.240 e. The first kappa shape index (κ1) is 11.5. The summed E-state index contributed by atoms with van der Waals surface area (Å²) in [6.45, 7) is 6.39. The van der Waals surface area contributed by atoms with Gasteiger partial charge in [-0.3, -0.25) is 0 Å². The van der Waals surface area contributed by atoms with Crippen LogP contribution in [-0.4, -0.2) is 15.7 Å². The van der Waals surface area contributed by atoms with Crippen molar-refractivity contribution >= 4 is 11.8 Å². The van der Waals surface area contributed by atoms with E-state index in [4.69, 9.17) is 0 Å². The van der Waals surface area contributed by atoms with Crippen LogP contribution < -0.4 is 0 Å². The van der Waals surface area contributed by atoms with Gasteiger partial charge < -0.3 is 0 Å². The van der Waals surface area contributed by atoms with E-state index in [1.807, 2.05) is 18.0 Å². The molecule has 3 heteroatoms. The van der Waals surface area contributed by atoms with Gasteiger partial charge in [0.25, 0.3) is 0 Å². The Morgan fingerprint density at radius 3 is 2.71 bits per heavy atom. The first-order valence-corrected chi connectivity index (χ1v) is 6.32.